The van der Waals surface area contributed by atoms with Crippen molar-refractivity contribution < 1.29 is 13.9 Å². The molecule has 3 heteroatoms. The molecule has 0 saturated heterocycles. The predicted molar refractivity (Wildman–Crippen MR) is 59.9 cm³/mol. The zero-order valence-electron chi connectivity index (χ0n) is 8.97. The molecule has 1 aromatic carbocycles. The number of hydrogen-bond acceptors (Lipinski definition) is 3. The van der Waals surface area contributed by atoms with Gasteiger partial charge >= 0.3 is 5.97 Å². The van der Waals surface area contributed by atoms with Crippen LogP contribution in [0, 0.1) is 0 Å². The number of hydrogen-bond donors (Lipinski definition) is 0. The van der Waals surface area contributed by atoms with Crippen LogP contribution in [0.15, 0.2) is 47.1 Å². The third-order valence-electron chi connectivity index (χ3n) is 2.36. The zero-order valence-corrected chi connectivity index (χ0v) is 8.97. The predicted octanol–water partition coefficient (Wildman–Crippen LogP) is 2.66. The van der Waals surface area contributed by atoms with Crippen molar-refractivity contribution in [3.05, 3.63) is 48.4 Å². The number of rotatable bonds is 3. The molecule has 3 nitrogen and oxygen atoms in total. The first-order valence-corrected chi connectivity index (χ1v) is 5.00. The van der Waals surface area contributed by atoms with E-state index >= 15 is 0 Å². The summed E-state index contributed by atoms with van der Waals surface area (Å²) >= 11 is 0. The molecule has 0 spiro atoms. The molecular formula is C13H12O3. The summed E-state index contributed by atoms with van der Waals surface area (Å²) in [6.07, 6.45) is 1.74. The van der Waals surface area contributed by atoms with Gasteiger partial charge in [0.05, 0.1) is 13.4 Å². The topological polar surface area (TPSA) is 39.4 Å². The molecule has 0 aliphatic carbocycles. The number of carbonyl (C=O) groups is 1. The minimum Gasteiger partial charge on any atom is -0.469 e. The highest BCUT2D eigenvalue weighted by molar-refractivity contribution is 5.76. The highest BCUT2D eigenvalue weighted by atomic mass is 16.5. The van der Waals surface area contributed by atoms with Crippen LogP contribution >= 0.6 is 0 Å². The van der Waals surface area contributed by atoms with Crippen LogP contribution in [0.5, 0.6) is 0 Å². The third-order valence-corrected chi connectivity index (χ3v) is 2.36. The van der Waals surface area contributed by atoms with Crippen molar-refractivity contribution in [2.45, 2.75) is 6.42 Å². The molecule has 1 heterocycles. The van der Waals surface area contributed by atoms with Crippen molar-refractivity contribution in [3.63, 3.8) is 0 Å². The third kappa shape index (κ3) is 2.14. The number of methoxy groups -OCH3 is 1. The van der Waals surface area contributed by atoms with Gasteiger partial charge in [-0.2, -0.15) is 0 Å². The fourth-order valence-electron chi connectivity index (χ4n) is 1.56. The average molecular weight is 216 g/mol. The Bertz CT molecular complexity index is 471. The zero-order chi connectivity index (χ0) is 11.4. The second kappa shape index (κ2) is 4.66. The molecule has 0 N–H and O–H groups in total. The monoisotopic (exact) mass is 216 g/mol. The fourth-order valence-corrected chi connectivity index (χ4v) is 1.56. The normalized spacial score (nSPS) is 10.1. The molecular weight excluding hydrogens is 204 g/mol. The minimum atomic E-state index is -0.299. The van der Waals surface area contributed by atoms with Gasteiger partial charge in [0.25, 0.3) is 0 Å². The molecule has 0 amide bonds. The molecule has 0 bridgehead atoms. The van der Waals surface area contributed by atoms with Gasteiger partial charge in [0.2, 0.25) is 0 Å². The summed E-state index contributed by atoms with van der Waals surface area (Å²) in [5.41, 5.74) is 1.97. The van der Waals surface area contributed by atoms with E-state index in [0.29, 0.717) is 5.76 Å². The van der Waals surface area contributed by atoms with Crippen molar-refractivity contribution in [1.82, 2.24) is 0 Å². The minimum absolute atomic E-state index is 0.160. The first-order valence-electron chi connectivity index (χ1n) is 5.00. The standard InChI is InChI=1S/C13H12O3/c1-15-13(14)9-12-11(7-8-16-12)10-5-3-2-4-6-10/h2-8H,9H2,1H3. The van der Waals surface area contributed by atoms with Gasteiger partial charge in [-0.25, -0.2) is 0 Å². The molecule has 0 fully saturated rings. The van der Waals surface area contributed by atoms with Crippen LogP contribution in [0.25, 0.3) is 11.1 Å². The summed E-state index contributed by atoms with van der Waals surface area (Å²) in [6.45, 7) is 0. The number of ether oxygens (including phenoxy) is 1. The van der Waals surface area contributed by atoms with Crippen LogP contribution in [-0.4, -0.2) is 13.1 Å². The van der Waals surface area contributed by atoms with E-state index in [1.54, 1.807) is 6.26 Å². The van der Waals surface area contributed by atoms with E-state index in [2.05, 4.69) is 4.74 Å². The number of esters is 1. The number of furan rings is 1. The molecule has 2 rings (SSSR count). The van der Waals surface area contributed by atoms with Crippen molar-refractivity contribution in [1.29, 1.82) is 0 Å². The van der Waals surface area contributed by atoms with Crippen LogP contribution in [0.2, 0.25) is 0 Å². The molecule has 0 aliphatic rings. The lowest BCUT2D eigenvalue weighted by Gasteiger charge is -2.01. The highest BCUT2D eigenvalue weighted by Gasteiger charge is 2.12. The van der Waals surface area contributed by atoms with Gasteiger partial charge in [0, 0.05) is 5.56 Å². The summed E-state index contributed by atoms with van der Waals surface area (Å²) in [5.74, 6) is 0.338. The van der Waals surface area contributed by atoms with Gasteiger partial charge in [0.15, 0.2) is 0 Å². The number of benzene rings is 1. The van der Waals surface area contributed by atoms with Gasteiger partial charge in [-0.15, -0.1) is 0 Å². The highest BCUT2D eigenvalue weighted by Crippen LogP contribution is 2.25. The van der Waals surface area contributed by atoms with Gasteiger partial charge < -0.3 is 9.15 Å². The molecule has 2 aromatic rings. The second-order valence-corrected chi connectivity index (χ2v) is 3.38. The lowest BCUT2D eigenvalue weighted by atomic mass is 10.1. The maximum atomic E-state index is 11.2. The summed E-state index contributed by atoms with van der Waals surface area (Å²) < 4.78 is 9.91. The quantitative estimate of drug-likeness (QED) is 0.740. The Morgan fingerprint density at radius 1 is 1.25 bits per heavy atom. The Morgan fingerprint density at radius 3 is 2.69 bits per heavy atom. The van der Waals surface area contributed by atoms with Crippen LogP contribution < -0.4 is 0 Å². The maximum absolute atomic E-state index is 11.2. The number of carbonyl (C=O) groups excluding carboxylic acids is 1. The van der Waals surface area contributed by atoms with E-state index in [0.717, 1.165) is 11.1 Å². The van der Waals surface area contributed by atoms with Crippen LogP contribution in [0.4, 0.5) is 0 Å². The molecule has 0 aliphatic heterocycles. The summed E-state index contributed by atoms with van der Waals surface area (Å²) in [6, 6.07) is 11.7. The molecule has 0 saturated carbocycles. The Hall–Kier alpha value is -2.03. The van der Waals surface area contributed by atoms with Gasteiger partial charge in [-0.1, -0.05) is 30.3 Å². The Kier molecular flexibility index (Phi) is 3.05. The van der Waals surface area contributed by atoms with Crippen LogP contribution in [0.3, 0.4) is 0 Å². The van der Waals surface area contributed by atoms with Crippen molar-refractivity contribution in [2.75, 3.05) is 7.11 Å². The van der Waals surface area contributed by atoms with Gasteiger partial charge in [-0.3, -0.25) is 4.79 Å². The molecule has 16 heavy (non-hydrogen) atoms. The summed E-state index contributed by atoms with van der Waals surface area (Å²) in [7, 11) is 1.37. The van der Waals surface area contributed by atoms with E-state index < -0.39 is 0 Å². The molecule has 0 radical (unpaired) electrons. The Balaban J connectivity index is 2.29. The van der Waals surface area contributed by atoms with E-state index in [-0.39, 0.29) is 12.4 Å². The van der Waals surface area contributed by atoms with Gasteiger partial charge in [0.1, 0.15) is 12.2 Å². The van der Waals surface area contributed by atoms with Crippen LogP contribution in [-0.2, 0) is 16.0 Å². The molecule has 1 aromatic heterocycles. The van der Waals surface area contributed by atoms with Gasteiger partial charge in [-0.05, 0) is 11.6 Å². The first kappa shape index (κ1) is 10.5. The smallest absolute Gasteiger partial charge is 0.313 e. The van der Waals surface area contributed by atoms with Crippen molar-refractivity contribution in [2.24, 2.45) is 0 Å². The first-order chi connectivity index (χ1) is 7.81. The fraction of sp³-hybridized carbons (Fsp3) is 0.154. The second-order valence-electron chi connectivity index (χ2n) is 3.38. The lowest BCUT2D eigenvalue weighted by molar-refractivity contribution is -0.140. The SMILES string of the molecule is COC(=O)Cc1occc1-c1ccccc1. The summed E-state index contributed by atoms with van der Waals surface area (Å²) in [4.78, 5) is 11.2. The molecule has 0 unspecified atom stereocenters. The van der Waals surface area contributed by atoms with E-state index in [9.17, 15) is 4.79 Å². The largest absolute Gasteiger partial charge is 0.469 e. The van der Waals surface area contributed by atoms with Crippen LogP contribution in [0.1, 0.15) is 5.76 Å². The molecule has 82 valence electrons. The van der Waals surface area contributed by atoms with Crippen molar-refractivity contribution >= 4 is 5.97 Å². The average Bonchev–Trinajstić information content (AvgIpc) is 2.78. The lowest BCUT2D eigenvalue weighted by Crippen LogP contribution is -2.04. The van der Waals surface area contributed by atoms with Crippen molar-refractivity contribution in [3.8, 4) is 11.1 Å². The van der Waals surface area contributed by atoms with E-state index in [4.69, 9.17) is 4.42 Å². The Morgan fingerprint density at radius 2 is 2.00 bits per heavy atom. The van der Waals surface area contributed by atoms with E-state index in [1.165, 1.54) is 7.11 Å². The maximum Gasteiger partial charge on any atom is 0.313 e. The van der Waals surface area contributed by atoms with E-state index in [1.807, 2.05) is 36.4 Å². The molecule has 0 atom stereocenters. The Labute approximate surface area is 93.7 Å². The summed E-state index contributed by atoms with van der Waals surface area (Å²) in [5, 5.41) is 0.